The average molecular weight is 540 g/mol. The van der Waals surface area contributed by atoms with Crippen LogP contribution in [-0.2, 0) is 21.2 Å². The van der Waals surface area contributed by atoms with Crippen molar-refractivity contribution in [2.45, 2.75) is 64.1 Å². The van der Waals surface area contributed by atoms with E-state index in [1.54, 1.807) is 34.6 Å². The molecule has 2 rings (SSSR count). The Hall–Kier alpha value is -2.86. The van der Waals surface area contributed by atoms with Crippen molar-refractivity contribution in [3.8, 4) is 0 Å². The fourth-order valence-electron chi connectivity index (χ4n) is 3.47. The number of hydrogen-bond donors (Lipinski definition) is 3. The minimum Gasteiger partial charge on any atom is -0.390 e. The van der Waals surface area contributed by atoms with Crippen LogP contribution in [0.2, 0.25) is 0 Å². The Morgan fingerprint density at radius 2 is 1.84 bits per heavy atom. The number of amides is 1. The van der Waals surface area contributed by atoms with Crippen molar-refractivity contribution in [3.05, 3.63) is 70.2 Å². The average Bonchev–Trinajstić information content (AvgIpc) is 2.90. The van der Waals surface area contributed by atoms with Crippen LogP contribution in [0.3, 0.4) is 0 Å². The summed E-state index contributed by atoms with van der Waals surface area (Å²) in [5, 5.41) is 25.2. The molecular formula is C26H38N4O6S. The third-order valence-corrected chi connectivity index (χ3v) is 7.44. The number of rotatable bonds is 12. The smallest absolute Gasteiger partial charge is 0.270 e. The lowest BCUT2D eigenvalue weighted by molar-refractivity contribution is -0.385. The highest BCUT2D eigenvalue weighted by molar-refractivity contribution is 7.89. The van der Waals surface area contributed by atoms with Gasteiger partial charge in [-0.1, -0.05) is 70.9 Å². The van der Waals surface area contributed by atoms with Crippen LogP contribution in [0.15, 0.2) is 59.4 Å². The summed E-state index contributed by atoms with van der Waals surface area (Å²) in [7, 11) is -4.38. The van der Waals surface area contributed by atoms with Crippen LogP contribution in [-0.4, -0.2) is 59.9 Å². The minimum absolute atomic E-state index is 0.0983. The molecule has 2 aromatic carbocycles. The first-order valence-electron chi connectivity index (χ1n) is 14.2. The van der Waals surface area contributed by atoms with Crippen molar-refractivity contribution in [2.24, 2.45) is 17.1 Å². The molecular weight excluding hydrogens is 496 g/mol. The number of nitro groups is 1. The van der Waals surface area contributed by atoms with Crippen LogP contribution >= 0.6 is 0 Å². The fraction of sp³-hybridized carbons (Fsp3) is 0.500. The molecule has 11 heteroatoms. The van der Waals surface area contributed by atoms with Crippen LogP contribution in [0, 0.1) is 21.4 Å². The van der Waals surface area contributed by atoms with Crippen molar-refractivity contribution in [3.63, 3.8) is 0 Å². The number of nitrogens with zero attached hydrogens (tertiary/aromatic N) is 2. The molecule has 0 aliphatic heterocycles. The van der Waals surface area contributed by atoms with Gasteiger partial charge < -0.3 is 16.2 Å². The molecule has 0 aliphatic rings. The van der Waals surface area contributed by atoms with Gasteiger partial charge in [0.15, 0.2) is 0 Å². The van der Waals surface area contributed by atoms with E-state index >= 15 is 0 Å². The first-order valence-corrected chi connectivity index (χ1v) is 13.2. The second-order valence-corrected chi connectivity index (χ2v) is 12.2. The van der Waals surface area contributed by atoms with Crippen molar-refractivity contribution in [1.29, 1.82) is 0 Å². The molecule has 37 heavy (non-hydrogen) atoms. The van der Waals surface area contributed by atoms with Crippen molar-refractivity contribution < 1.29 is 30.1 Å². The Morgan fingerprint density at radius 1 is 1.22 bits per heavy atom. The third kappa shape index (κ3) is 8.60. The lowest BCUT2D eigenvalue weighted by Crippen LogP contribution is -2.56. The molecule has 0 radical (unpaired) electrons. The van der Waals surface area contributed by atoms with E-state index in [2.05, 4.69) is 5.32 Å². The van der Waals surface area contributed by atoms with Gasteiger partial charge in [0, 0.05) is 25.2 Å². The zero-order chi connectivity index (χ0) is 32.3. The van der Waals surface area contributed by atoms with Crippen molar-refractivity contribution in [1.82, 2.24) is 9.62 Å². The largest absolute Gasteiger partial charge is 0.390 e. The number of non-ortho nitro benzene ring substituents is 1. The summed E-state index contributed by atoms with van der Waals surface area (Å²) in [6.07, 6.45) is -2.09. The Kier molecular flexibility index (Phi) is 7.92. The standard InChI is InChI=1S/C26H38N4O6S/c1-18(2)16-29(37(35,36)21-13-9-12-20(15-21)30(33)34)17-23(31)22(14-19-10-7-6-8-11-19)28-25(32)24(27)26(3,4)5/h6-13,15,18,22-24,31H,14,16-17,27H2,1-5H3,(H,28,32)/t22-,23+,24+/m0/s1/i6D,7D,8D,10D,11D. The van der Waals surface area contributed by atoms with Crippen LogP contribution < -0.4 is 11.1 Å². The second kappa shape index (κ2) is 12.6. The SMILES string of the molecule is [2H]c1c([2H])c([2H])c(C[C@H](NC(=O)[C@@H](N)C(C)(C)C)[C@H](O)CN(CC(C)C)S(=O)(=O)c2cccc([N+](=O)[O-])c2)c([2H])c1[2H]. The summed E-state index contributed by atoms with van der Waals surface area (Å²) in [4.78, 5) is 23.3. The van der Waals surface area contributed by atoms with E-state index in [1.165, 1.54) is 12.1 Å². The lowest BCUT2D eigenvalue weighted by Gasteiger charge is -2.33. The molecule has 4 N–H and O–H groups in total. The van der Waals surface area contributed by atoms with E-state index in [0.717, 1.165) is 16.4 Å². The molecule has 0 bridgehead atoms. The van der Waals surface area contributed by atoms with Crippen LogP contribution in [0.1, 0.15) is 47.0 Å². The van der Waals surface area contributed by atoms with Crippen LogP contribution in [0.5, 0.6) is 0 Å². The molecule has 0 saturated carbocycles. The highest BCUT2D eigenvalue weighted by atomic mass is 32.2. The summed E-state index contributed by atoms with van der Waals surface area (Å²) in [5.41, 5.74) is 4.77. The normalized spacial score (nSPS) is 16.7. The summed E-state index contributed by atoms with van der Waals surface area (Å²) >= 11 is 0. The molecule has 3 atom stereocenters. The number of nitrogens with two attached hydrogens (primary N) is 1. The van der Waals surface area contributed by atoms with Gasteiger partial charge in [0.25, 0.3) is 5.69 Å². The van der Waals surface area contributed by atoms with Gasteiger partial charge in [-0.25, -0.2) is 8.42 Å². The van der Waals surface area contributed by atoms with Gasteiger partial charge in [-0.2, -0.15) is 4.31 Å². The van der Waals surface area contributed by atoms with E-state index in [9.17, 15) is 28.4 Å². The van der Waals surface area contributed by atoms with Crippen LogP contribution in [0.25, 0.3) is 0 Å². The highest BCUT2D eigenvalue weighted by Crippen LogP contribution is 2.23. The minimum atomic E-state index is -4.38. The number of aliphatic hydroxyl groups is 1. The Bertz CT molecular complexity index is 1410. The molecule has 0 aliphatic carbocycles. The fourth-order valence-corrected chi connectivity index (χ4v) is 5.13. The predicted octanol–water partition coefficient (Wildman–Crippen LogP) is 2.70. The number of nitrogens with one attached hydrogen (secondary N) is 1. The van der Waals surface area contributed by atoms with Crippen LogP contribution in [0.4, 0.5) is 5.69 Å². The zero-order valence-corrected chi connectivity index (χ0v) is 22.4. The number of sulfonamides is 1. The first-order chi connectivity index (χ1) is 19.2. The number of aliphatic hydroxyl groups excluding tert-OH is 1. The molecule has 0 unspecified atom stereocenters. The molecule has 10 nitrogen and oxygen atoms in total. The Morgan fingerprint density at radius 3 is 2.38 bits per heavy atom. The van der Waals surface area contributed by atoms with E-state index in [0.29, 0.717) is 0 Å². The van der Waals surface area contributed by atoms with E-state index in [1.807, 2.05) is 0 Å². The number of carbonyl (C=O) groups excluding carboxylic acids is 1. The summed E-state index contributed by atoms with van der Waals surface area (Å²) in [6.45, 7) is 7.93. The molecule has 0 heterocycles. The van der Waals surface area contributed by atoms with Gasteiger partial charge in [-0.15, -0.1) is 0 Å². The summed E-state index contributed by atoms with van der Waals surface area (Å²) in [5.74, 6) is -0.940. The third-order valence-electron chi connectivity index (χ3n) is 5.61. The highest BCUT2D eigenvalue weighted by Gasteiger charge is 2.34. The number of benzene rings is 2. The van der Waals surface area contributed by atoms with Gasteiger partial charge in [0.05, 0.1) is 34.9 Å². The van der Waals surface area contributed by atoms with Gasteiger partial charge in [0.2, 0.25) is 15.9 Å². The van der Waals surface area contributed by atoms with Gasteiger partial charge in [0.1, 0.15) is 0 Å². The van der Waals surface area contributed by atoms with Gasteiger partial charge in [-0.05, 0) is 29.4 Å². The molecule has 204 valence electrons. The molecule has 0 spiro atoms. The summed E-state index contributed by atoms with van der Waals surface area (Å²) in [6, 6.07) is -0.813. The molecule has 1 amide bonds. The Balaban J connectivity index is 2.58. The topological polar surface area (TPSA) is 156 Å². The number of nitro benzene ring substituents is 1. The molecule has 2 aromatic rings. The first kappa shape index (κ1) is 23.3. The maximum Gasteiger partial charge on any atom is 0.270 e. The van der Waals surface area contributed by atoms with Gasteiger partial charge >= 0.3 is 0 Å². The van der Waals surface area contributed by atoms with E-state index in [4.69, 9.17) is 12.6 Å². The van der Waals surface area contributed by atoms with Crippen molar-refractivity contribution in [2.75, 3.05) is 13.1 Å². The Labute approximate surface area is 226 Å². The van der Waals surface area contributed by atoms with E-state index in [-0.39, 0.29) is 22.9 Å². The maximum atomic E-state index is 13.6. The zero-order valence-electron chi connectivity index (χ0n) is 26.6. The molecule has 0 aromatic heterocycles. The molecule has 0 fully saturated rings. The van der Waals surface area contributed by atoms with Gasteiger partial charge in [-0.3, -0.25) is 14.9 Å². The van der Waals surface area contributed by atoms with E-state index < -0.39 is 93.3 Å². The maximum absolute atomic E-state index is 13.6. The monoisotopic (exact) mass is 539 g/mol. The predicted molar refractivity (Wildman–Crippen MR) is 142 cm³/mol. The lowest BCUT2D eigenvalue weighted by atomic mass is 9.86. The number of hydrogen-bond acceptors (Lipinski definition) is 7. The quantitative estimate of drug-likeness (QED) is 0.276. The number of carbonyl (C=O) groups is 1. The molecule has 0 saturated heterocycles. The second-order valence-electron chi connectivity index (χ2n) is 10.3. The van der Waals surface area contributed by atoms with Crippen molar-refractivity contribution >= 4 is 21.6 Å². The summed E-state index contributed by atoms with van der Waals surface area (Å²) < 4.78 is 68.5.